The number of benzene rings is 1. The average Bonchev–Trinajstić information content (AvgIpc) is 2.64. The molecule has 1 amide bonds. The third-order valence-electron chi connectivity index (χ3n) is 4.33. The third-order valence-corrected chi connectivity index (χ3v) is 4.33. The number of aromatic nitrogens is 2. The van der Waals surface area contributed by atoms with Crippen molar-refractivity contribution in [2.75, 3.05) is 25.1 Å². The standard InChI is InChI=1S/C18H22N4O3/c1-25-15(13-6-3-2-4-7-13)17(23)21-14-8-5-11-22(12-14)16-18(24)20-10-9-19-16/h2-4,6-7,9-10,14-15H,5,8,11-12H2,1H3,(H,20,24)(H,21,23)/t14-,15-/m1/s1. The summed E-state index contributed by atoms with van der Waals surface area (Å²) in [5.74, 6) is 0.225. The Balaban J connectivity index is 1.67. The molecule has 2 N–H and O–H groups in total. The molecule has 3 rings (SSSR count). The van der Waals surface area contributed by atoms with E-state index < -0.39 is 6.10 Å². The quantitative estimate of drug-likeness (QED) is 0.854. The van der Waals surface area contributed by atoms with Gasteiger partial charge >= 0.3 is 0 Å². The van der Waals surface area contributed by atoms with Crippen LogP contribution in [-0.2, 0) is 9.53 Å². The number of hydrogen-bond acceptors (Lipinski definition) is 5. The van der Waals surface area contributed by atoms with E-state index in [4.69, 9.17) is 4.74 Å². The van der Waals surface area contributed by atoms with Crippen LogP contribution >= 0.6 is 0 Å². The Morgan fingerprint density at radius 3 is 2.92 bits per heavy atom. The van der Waals surface area contributed by atoms with E-state index in [1.807, 2.05) is 35.2 Å². The Kier molecular flexibility index (Phi) is 5.45. The summed E-state index contributed by atoms with van der Waals surface area (Å²) in [6.45, 7) is 1.30. The van der Waals surface area contributed by atoms with Crippen LogP contribution < -0.4 is 15.8 Å². The summed E-state index contributed by atoms with van der Waals surface area (Å²) in [4.78, 5) is 33.2. The minimum Gasteiger partial charge on any atom is -0.367 e. The van der Waals surface area contributed by atoms with Crippen molar-refractivity contribution in [2.45, 2.75) is 25.0 Å². The number of anilines is 1. The molecule has 0 aliphatic carbocycles. The number of carbonyl (C=O) groups is 1. The molecule has 1 aromatic carbocycles. The maximum Gasteiger partial charge on any atom is 0.290 e. The lowest BCUT2D eigenvalue weighted by atomic mass is 10.0. The molecule has 1 saturated heterocycles. The number of hydrogen-bond donors (Lipinski definition) is 2. The predicted molar refractivity (Wildman–Crippen MR) is 94.4 cm³/mol. The highest BCUT2D eigenvalue weighted by molar-refractivity contribution is 5.82. The van der Waals surface area contributed by atoms with Crippen molar-refractivity contribution in [1.29, 1.82) is 0 Å². The number of nitrogens with one attached hydrogen (secondary N) is 2. The molecule has 0 radical (unpaired) electrons. The van der Waals surface area contributed by atoms with E-state index >= 15 is 0 Å². The molecular formula is C18H22N4O3. The van der Waals surface area contributed by atoms with Gasteiger partial charge in [0.15, 0.2) is 11.9 Å². The topological polar surface area (TPSA) is 87.3 Å². The van der Waals surface area contributed by atoms with Gasteiger partial charge in [-0.3, -0.25) is 9.59 Å². The minimum atomic E-state index is -0.644. The number of aromatic amines is 1. The van der Waals surface area contributed by atoms with Crippen molar-refractivity contribution in [3.63, 3.8) is 0 Å². The monoisotopic (exact) mass is 342 g/mol. The maximum atomic E-state index is 12.6. The second-order valence-corrected chi connectivity index (χ2v) is 6.06. The zero-order valence-corrected chi connectivity index (χ0v) is 14.1. The van der Waals surface area contributed by atoms with Crippen molar-refractivity contribution in [1.82, 2.24) is 15.3 Å². The Bertz CT molecular complexity index is 762. The Morgan fingerprint density at radius 1 is 1.40 bits per heavy atom. The van der Waals surface area contributed by atoms with E-state index in [0.717, 1.165) is 24.9 Å². The summed E-state index contributed by atoms with van der Waals surface area (Å²) in [6, 6.07) is 9.35. The number of carbonyl (C=O) groups excluding carboxylic acids is 1. The van der Waals surface area contributed by atoms with Gasteiger partial charge in [-0.15, -0.1) is 0 Å². The Hall–Kier alpha value is -2.67. The van der Waals surface area contributed by atoms with E-state index in [2.05, 4.69) is 15.3 Å². The summed E-state index contributed by atoms with van der Waals surface area (Å²) in [6.07, 6.45) is 4.17. The van der Waals surface area contributed by atoms with Gasteiger partial charge in [-0.25, -0.2) is 4.98 Å². The molecular weight excluding hydrogens is 320 g/mol. The van der Waals surface area contributed by atoms with E-state index in [1.54, 1.807) is 6.20 Å². The van der Waals surface area contributed by atoms with Crippen LogP contribution in [0.4, 0.5) is 5.82 Å². The molecule has 2 heterocycles. The smallest absolute Gasteiger partial charge is 0.290 e. The first kappa shape index (κ1) is 17.2. The molecule has 0 bridgehead atoms. The van der Waals surface area contributed by atoms with Gasteiger partial charge in [0.1, 0.15) is 0 Å². The number of rotatable bonds is 5. The normalized spacial score (nSPS) is 18.6. The van der Waals surface area contributed by atoms with Crippen LogP contribution in [0.3, 0.4) is 0 Å². The van der Waals surface area contributed by atoms with Gasteiger partial charge in [0, 0.05) is 38.6 Å². The van der Waals surface area contributed by atoms with Gasteiger partial charge in [-0.2, -0.15) is 0 Å². The van der Waals surface area contributed by atoms with Crippen LogP contribution in [0.2, 0.25) is 0 Å². The van der Waals surface area contributed by atoms with E-state index in [0.29, 0.717) is 12.4 Å². The van der Waals surface area contributed by atoms with Gasteiger partial charge in [0.05, 0.1) is 0 Å². The summed E-state index contributed by atoms with van der Waals surface area (Å²) >= 11 is 0. The Labute approximate surface area is 146 Å². The van der Waals surface area contributed by atoms with Crippen molar-refractivity contribution in [2.24, 2.45) is 0 Å². The van der Waals surface area contributed by atoms with Gasteiger partial charge < -0.3 is 19.9 Å². The van der Waals surface area contributed by atoms with Crippen LogP contribution in [-0.4, -0.2) is 42.1 Å². The molecule has 0 spiro atoms. The molecule has 132 valence electrons. The number of methoxy groups -OCH3 is 1. The highest BCUT2D eigenvalue weighted by Gasteiger charge is 2.27. The number of ether oxygens (including phenoxy) is 1. The molecule has 1 aromatic heterocycles. The minimum absolute atomic E-state index is 0.0518. The molecule has 1 fully saturated rings. The molecule has 7 nitrogen and oxygen atoms in total. The maximum absolute atomic E-state index is 12.6. The summed E-state index contributed by atoms with van der Waals surface area (Å²) in [5, 5.41) is 3.04. The highest BCUT2D eigenvalue weighted by Crippen LogP contribution is 2.19. The molecule has 2 aromatic rings. The highest BCUT2D eigenvalue weighted by atomic mass is 16.5. The first-order valence-corrected chi connectivity index (χ1v) is 8.36. The van der Waals surface area contributed by atoms with Crippen LogP contribution in [0.5, 0.6) is 0 Å². The van der Waals surface area contributed by atoms with Gasteiger partial charge in [0.2, 0.25) is 0 Å². The van der Waals surface area contributed by atoms with Crippen LogP contribution in [0.15, 0.2) is 47.5 Å². The van der Waals surface area contributed by atoms with Crippen molar-refractivity contribution >= 4 is 11.7 Å². The second-order valence-electron chi connectivity index (χ2n) is 6.06. The lowest BCUT2D eigenvalue weighted by molar-refractivity contribution is -0.132. The molecule has 2 atom stereocenters. The van der Waals surface area contributed by atoms with Crippen LogP contribution in [0.1, 0.15) is 24.5 Å². The van der Waals surface area contributed by atoms with E-state index in [-0.39, 0.29) is 17.5 Å². The molecule has 25 heavy (non-hydrogen) atoms. The van der Waals surface area contributed by atoms with E-state index in [1.165, 1.54) is 13.3 Å². The second kappa shape index (κ2) is 7.94. The molecule has 7 heteroatoms. The number of piperidine rings is 1. The lowest BCUT2D eigenvalue weighted by Gasteiger charge is -2.34. The fourth-order valence-corrected chi connectivity index (χ4v) is 3.16. The molecule has 1 aliphatic rings. The fraction of sp³-hybridized carbons (Fsp3) is 0.389. The predicted octanol–water partition coefficient (Wildman–Crippen LogP) is 1.24. The largest absolute Gasteiger partial charge is 0.367 e. The van der Waals surface area contributed by atoms with Gasteiger partial charge in [-0.05, 0) is 18.4 Å². The van der Waals surface area contributed by atoms with Crippen molar-refractivity contribution < 1.29 is 9.53 Å². The number of nitrogens with zero attached hydrogens (tertiary/aromatic N) is 2. The first-order chi connectivity index (χ1) is 12.2. The summed E-state index contributed by atoms with van der Waals surface area (Å²) in [5.41, 5.74) is 0.602. The summed E-state index contributed by atoms with van der Waals surface area (Å²) < 4.78 is 5.38. The average molecular weight is 342 g/mol. The zero-order valence-electron chi connectivity index (χ0n) is 14.1. The first-order valence-electron chi connectivity index (χ1n) is 8.36. The van der Waals surface area contributed by atoms with Gasteiger partial charge in [0.25, 0.3) is 11.5 Å². The lowest BCUT2D eigenvalue weighted by Crippen LogP contribution is -2.50. The molecule has 0 unspecified atom stereocenters. The van der Waals surface area contributed by atoms with Gasteiger partial charge in [-0.1, -0.05) is 30.3 Å². The third kappa shape index (κ3) is 4.06. The molecule has 1 aliphatic heterocycles. The summed E-state index contributed by atoms with van der Waals surface area (Å²) in [7, 11) is 1.53. The Morgan fingerprint density at radius 2 is 2.20 bits per heavy atom. The van der Waals surface area contributed by atoms with Crippen molar-refractivity contribution in [3.05, 3.63) is 58.6 Å². The fourth-order valence-electron chi connectivity index (χ4n) is 3.16. The van der Waals surface area contributed by atoms with Crippen molar-refractivity contribution in [3.8, 4) is 0 Å². The SMILES string of the molecule is CO[C@@H](C(=O)N[C@@H]1CCCN(c2ncc[nH]c2=O)C1)c1ccccc1. The van der Waals surface area contributed by atoms with Crippen LogP contribution in [0, 0.1) is 0 Å². The van der Waals surface area contributed by atoms with Crippen LogP contribution in [0.25, 0.3) is 0 Å². The number of amides is 1. The number of H-pyrrole nitrogens is 1. The zero-order chi connectivity index (χ0) is 17.6. The molecule has 0 saturated carbocycles. The van der Waals surface area contributed by atoms with E-state index in [9.17, 15) is 9.59 Å².